The van der Waals surface area contributed by atoms with Crippen LogP contribution in [0, 0.1) is 6.92 Å². The Morgan fingerprint density at radius 3 is 2.69 bits per heavy atom. The Balaban J connectivity index is 2.18. The van der Waals surface area contributed by atoms with Crippen LogP contribution < -0.4 is 5.32 Å². The summed E-state index contributed by atoms with van der Waals surface area (Å²) in [6.45, 7) is 6.49. The fraction of sp³-hybridized carbons (Fsp3) is 0.750. The van der Waals surface area contributed by atoms with E-state index in [2.05, 4.69) is 29.2 Å². The lowest BCUT2D eigenvalue weighted by atomic mass is 10.2. The van der Waals surface area contributed by atoms with E-state index in [0.29, 0.717) is 0 Å². The van der Waals surface area contributed by atoms with Crippen molar-refractivity contribution in [3.05, 3.63) is 11.3 Å². The third kappa shape index (κ3) is 2.07. The van der Waals surface area contributed by atoms with Gasteiger partial charge in [0, 0.05) is 32.2 Å². The molecule has 1 N–H and O–H groups in total. The SMILES string of the molecule is CCN(Cc1c(C)nn(C)c1NC)C1CC1. The molecule has 16 heavy (non-hydrogen) atoms. The highest BCUT2D eigenvalue weighted by Gasteiger charge is 2.29. The van der Waals surface area contributed by atoms with Gasteiger partial charge in [0.05, 0.1) is 5.69 Å². The smallest absolute Gasteiger partial charge is 0.128 e. The minimum Gasteiger partial charge on any atom is -0.373 e. The Morgan fingerprint density at radius 2 is 2.19 bits per heavy atom. The van der Waals surface area contributed by atoms with Gasteiger partial charge in [0.2, 0.25) is 0 Å². The van der Waals surface area contributed by atoms with E-state index in [-0.39, 0.29) is 0 Å². The fourth-order valence-electron chi connectivity index (χ4n) is 2.35. The van der Waals surface area contributed by atoms with Crippen molar-refractivity contribution in [2.75, 3.05) is 18.9 Å². The van der Waals surface area contributed by atoms with Gasteiger partial charge in [-0.05, 0) is 26.3 Å². The molecule has 1 saturated carbocycles. The van der Waals surface area contributed by atoms with Crippen molar-refractivity contribution in [2.45, 2.75) is 39.3 Å². The molecule has 1 aliphatic carbocycles. The molecule has 0 unspecified atom stereocenters. The Kier molecular flexibility index (Phi) is 3.19. The molecule has 4 heteroatoms. The highest BCUT2D eigenvalue weighted by molar-refractivity contribution is 5.46. The summed E-state index contributed by atoms with van der Waals surface area (Å²) in [5.41, 5.74) is 2.49. The lowest BCUT2D eigenvalue weighted by Gasteiger charge is -2.20. The first-order valence-electron chi connectivity index (χ1n) is 6.11. The molecule has 0 saturated heterocycles. The lowest BCUT2D eigenvalue weighted by Crippen LogP contribution is -2.25. The van der Waals surface area contributed by atoms with Crippen LogP contribution in [0.25, 0.3) is 0 Å². The zero-order valence-electron chi connectivity index (χ0n) is 10.7. The second-order valence-corrected chi connectivity index (χ2v) is 4.58. The van der Waals surface area contributed by atoms with E-state index in [1.165, 1.54) is 18.4 Å². The topological polar surface area (TPSA) is 33.1 Å². The number of aromatic nitrogens is 2. The van der Waals surface area contributed by atoms with Crippen LogP contribution in [-0.4, -0.2) is 34.3 Å². The summed E-state index contributed by atoms with van der Waals surface area (Å²) in [4.78, 5) is 2.55. The van der Waals surface area contributed by atoms with Gasteiger partial charge in [-0.15, -0.1) is 0 Å². The maximum Gasteiger partial charge on any atom is 0.128 e. The van der Waals surface area contributed by atoms with Gasteiger partial charge in [-0.2, -0.15) is 5.10 Å². The Labute approximate surface area is 97.6 Å². The summed E-state index contributed by atoms with van der Waals surface area (Å²) < 4.78 is 1.94. The summed E-state index contributed by atoms with van der Waals surface area (Å²) in [6.07, 6.45) is 2.73. The van der Waals surface area contributed by atoms with Gasteiger partial charge >= 0.3 is 0 Å². The first-order chi connectivity index (χ1) is 7.67. The number of anilines is 1. The third-order valence-electron chi connectivity index (χ3n) is 3.41. The van der Waals surface area contributed by atoms with Gasteiger partial charge in [-0.1, -0.05) is 6.92 Å². The molecule has 1 heterocycles. The molecular weight excluding hydrogens is 200 g/mol. The van der Waals surface area contributed by atoms with Crippen LogP contribution in [-0.2, 0) is 13.6 Å². The maximum atomic E-state index is 4.48. The van der Waals surface area contributed by atoms with Gasteiger partial charge in [0.15, 0.2) is 0 Å². The number of rotatable bonds is 5. The van der Waals surface area contributed by atoms with Gasteiger partial charge in [-0.25, -0.2) is 0 Å². The number of nitrogens with one attached hydrogen (secondary N) is 1. The summed E-state index contributed by atoms with van der Waals surface area (Å²) >= 11 is 0. The first kappa shape index (κ1) is 11.5. The van der Waals surface area contributed by atoms with E-state index >= 15 is 0 Å². The van der Waals surface area contributed by atoms with E-state index in [1.807, 2.05) is 18.8 Å². The highest BCUT2D eigenvalue weighted by Crippen LogP contribution is 2.30. The van der Waals surface area contributed by atoms with Crippen LogP contribution in [0.2, 0.25) is 0 Å². The average Bonchev–Trinajstić information content (AvgIpc) is 3.03. The monoisotopic (exact) mass is 222 g/mol. The molecular formula is C12H22N4. The molecule has 1 aromatic rings. The molecule has 0 aromatic carbocycles. The minimum atomic E-state index is 0.814. The van der Waals surface area contributed by atoms with E-state index in [1.54, 1.807) is 0 Å². The number of aryl methyl sites for hydroxylation is 2. The normalized spacial score (nSPS) is 15.8. The third-order valence-corrected chi connectivity index (χ3v) is 3.41. The second-order valence-electron chi connectivity index (χ2n) is 4.58. The maximum absolute atomic E-state index is 4.48. The van der Waals surface area contributed by atoms with Crippen molar-refractivity contribution in [2.24, 2.45) is 7.05 Å². The van der Waals surface area contributed by atoms with Gasteiger partial charge in [0.1, 0.15) is 5.82 Å². The molecule has 1 aliphatic rings. The minimum absolute atomic E-state index is 0.814. The molecule has 90 valence electrons. The molecule has 0 spiro atoms. The molecule has 1 aromatic heterocycles. The number of hydrogen-bond donors (Lipinski definition) is 1. The van der Waals surface area contributed by atoms with Crippen molar-refractivity contribution in [1.29, 1.82) is 0 Å². The molecule has 0 amide bonds. The van der Waals surface area contributed by atoms with Gasteiger partial charge in [0.25, 0.3) is 0 Å². The molecule has 0 bridgehead atoms. The fourth-order valence-corrected chi connectivity index (χ4v) is 2.35. The van der Waals surface area contributed by atoms with E-state index in [0.717, 1.165) is 30.6 Å². The average molecular weight is 222 g/mol. The van der Waals surface area contributed by atoms with Crippen molar-refractivity contribution >= 4 is 5.82 Å². The zero-order chi connectivity index (χ0) is 11.7. The van der Waals surface area contributed by atoms with Crippen LogP contribution in [0.5, 0.6) is 0 Å². The van der Waals surface area contributed by atoms with Crippen molar-refractivity contribution in [1.82, 2.24) is 14.7 Å². The molecule has 0 atom stereocenters. The highest BCUT2D eigenvalue weighted by atomic mass is 15.3. The molecule has 0 radical (unpaired) electrons. The predicted octanol–water partition coefficient (Wildman–Crippen LogP) is 1.75. The van der Waals surface area contributed by atoms with Gasteiger partial charge < -0.3 is 5.32 Å². The standard InChI is InChI=1S/C12H22N4/c1-5-16(10-6-7-10)8-11-9(2)14-15(4)12(11)13-3/h10,13H,5-8H2,1-4H3. The van der Waals surface area contributed by atoms with Crippen molar-refractivity contribution in [3.8, 4) is 0 Å². The quantitative estimate of drug-likeness (QED) is 0.824. The van der Waals surface area contributed by atoms with Crippen molar-refractivity contribution < 1.29 is 0 Å². The second kappa shape index (κ2) is 4.45. The van der Waals surface area contributed by atoms with Gasteiger partial charge in [-0.3, -0.25) is 9.58 Å². The summed E-state index contributed by atoms with van der Waals surface area (Å²) in [5.74, 6) is 1.15. The Morgan fingerprint density at radius 1 is 1.50 bits per heavy atom. The predicted molar refractivity (Wildman–Crippen MR) is 66.6 cm³/mol. The Bertz CT molecular complexity index is 365. The van der Waals surface area contributed by atoms with Crippen LogP contribution in [0.1, 0.15) is 31.0 Å². The van der Waals surface area contributed by atoms with E-state index in [4.69, 9.17) is 0 Å². The largest absolute Gasteiger partial charge is 0.373 e. The van der Waals surface area contributed by atoms with E-state index in [9.17, 15) is 0 Å². The van der Waals surface area contributed by atoms with Crippen LogP contribution in [0.3, 0.4) is 0 Å². The van der Waals surface area contributed by atoms with Crippen molar-refractivity contribution in [3.63, 3.8) is 0 Å². The first-order valence-corrected chi connectivity index (χ1v) is 6.11. The van der Waals surface area contributed by atoms with E-state index < -0.39 is 0 Å². The summed E-state index contributed by atoms with van der Waals surface area (Å²) in [6, 6.07) is 0.814. The number of hydrogen-bond acceptors (Lipinski definition) is 3. The van der Waals surface area contributed by atoms with Crippen LogP contribution >= 0.6 is 0 Å². The summed E-state index contributed by atoms with van der Waals surface area (Å²) in [7, 11) is 3.96. The Hall–Kier alpha value is -1.03. The van der Waals surface area contributed by atoms with Crippen LogP contribution in [0.15, 0.2) is 0 Å². The molecule has 2 rings (SSSR count). The van der Waals surface area contributed by atoms with Crippen LogP contribution in [0.4, 0.5) is 5.82 Å². The molecule has 0 aliphatic heterocycles. The summed E-state index contributed by atoms with van der Waals surface area (Å²) in [5, 5.41) is 7.72. The number of nitrogens with zero attached hydrogens (tertiary/aromatic N) is 3. The molecule has 1 fully saturated rings. The zero-order valence-corrected chi connectivity index (χ0v) is 10.7. The molecule has 4 nitrogen and oxygen atoms in total. The lowest BCUT2D eigenvalue weighted by molar-refractivity contribution is 0.269.